The van der Waals surface area contributed by atoms with E-state index in [0.717, 1.165) is 0 Å². The number of hydrazine groups is 1. The second-order valence-electron chi connectivity index (χ2n) is 3.95. The lowest BCUT2D eigenvalue weighted by molar-refractivity contribution is -0.122. The third-order valence-electron chi connectivity index (χ3n) is 1.28. The Balaban J connectivity index is 3.60. The van der Waals surface area contributed by atoms with Gasteiger partial charge in [0.25, 0.3) is 0 Å². The highest BCUT2D eigenvalue weighted by molar-refractivity contribution is 5.78. The van der Waals surface area contributed by atoms with Gasteiger partial charge in [-0.2, -0.15) is 0 Å². The zero-order chi connectivity index (χ0) is 11.2. The Labute approximate surface area is 83.6 Å². The molecule has 6 heteroatoms. The number of hydrogen-bond acceptors (Lipinski definition) is 3. The van der Waals surface area contributed by atoms with Crippen LogP contribution in [0.15, 0.2) is 0 Å². The van der Waals surface area contributed by atoms with Gasteiger partial charge in [0.05, 0.1) is 0 Å². The second kappa shape index (κ2) is 5.43. The van der Waals surface area contributed by atoms with Crippen molar-refractivity contribution in [1.82, 2.24) is 16.1 Å². The summed E-state index contributed by atoms with van der Waals surface area (Å²) in [7, 11) is 0. The van der Waals surface area contributed by atoms with Crippen molar-refractivity contribution >= 4 is 11.9 Å². The Bertz CT molecular complexity index is 210. The summed E-state index contributed by atoms with van der Waals surface area (Å²) in [5.41, 5.74) is 1.66. The summed E-state index contributed by atoms with van der Waals surface area (Å²) >= 11 is 0. The molecule has 0 aliphatic heterocycles. The first kappa shape index (κ1) is 12.7. The molecule has 0 saturated heterocycles. The molecule has 5 N–H and O–H groups in total. The van der Waals surface area contributed by atoms with Gasteiger partial charge in [0.1, 0.15) is 0 Å². The Hall–Kier alpha value is -1.30. The molecular formula is C8H18N4O2. The van der Waals surface area contributed by atoms with Crippen LogP contribution in [-0.2, 0) is 4.79 Å². The van der Waals surface area contributed by atoms with E-state index in [-0.39, 0.29) is 24.4 Å². The van der Waals surface area contributed by atoms with Gasteiger partial charge in [0.2, 0.25) is 5.91 Å². The lowest BCUT2D eigenvalue weighted by atomic mass is 10.1. The second-order valence-corrected chi connectivity index (χ2v) is 3.95. The number of hydrogen-bond donors (Lipinski definition) is 4. The molecule has 0 aromatic carbocycles. The number of amides is 3. The van der Waals surface area contributed by atoms with Crippen LogP contribution in [0.25, 0.3) is 0 Å². The minimum Gasteiger partial charge on any atom is -0.351 e. The van der Waals surface area contributed by atoms with Crippen molar-refractivity contribution in [2.45, 2.75) is 32.7 Å². The minimum absolute atomic E-state index is 0.102. The molecule has 0 radical (unpaired) electrons. The average Bonchev–Trinajstić information content (AvgIpc) is 2.00. The molecule has 0 unspecified atom stereocenters. The van der Waals surface area contributed by atoms with Crippen LogP contribution >= 0.6 is 0 Å². The lowest BCUT2D eigenvalue weighted by Crippen LogP contribution is -2.44. The fourth-order valence-electron chi connectivity index (χ4n) is 0.821. The first-order valence-corrected chi connectivity index (χ1v) is 4.40. The molecule has 0 aliphatic rings. The molecule has 3 amide bonds. The maximum Gasteiger partial charge on any atom is 0.328 e. The summed E-state index contributed by atoms with van der Waals surface area (Å²) in [6, 6.07) is -0.492. The summed E-state index contributed by atoms with van der Waals surface area (Å²) in [4.78, 5) is 21.8. The van der Waals surface area contributed by atoms with Crippen molar-refractivity contribution in [1.29, 1.82) is 0 Å². The average molecular weight is 202 g/mol. The van der Waals surface area contributed by atoms with E-state index in [4.69, 9.17) is 5.84 Å². The SMILES string of the molecule is CC(C)(C)NC(=O)CCNC(=O)NN. The highest BCUT2D eigenvalue weighted by Gasteiger charge is 2.13. The van der Waals surface area contributed by atoms with Crippen LogP contribution in [0.4, 0.5) is 4.79 Å². The Morgan fingerprint density at radius 2 is 1.86 bits per heavy atom. The predicted molar refractivity (Wildman–Crippen MR) is 53.2 cm³/mol. The summed E-state index contributed by atoms with van der Waals surface area (Å²) in [5.74, 6) is 4.73. The van der Waals surface area contributed by atoms with Crippen LogP contribution in [0.2, 0.25) is 0 Å². The zero-order valence-electron chi connectivity index (χ0n) is 8.81. The lowest BCUT2D eigenvalue weighted by Gasteiger charge is -2.20. The first-order chi connectivity index (χ1) is 6.35. The fraction of sp³-hybridized carbons (Fsp3) is 0.750. The molecule has 0 bridgehead atoms. The van der Waals surface area contributed by atoms with Gasteiger partial charge in [0, 0.05) is 18.5 Å². The van der Waals surface area contributed by atoms with Gasteiger partial charge in [-0.15, -0.1) is 0 Å². The number of rotatable bonds is 3. The standard InChI is InChI=1S/C8H18N4O2/c1-8(2,3)11-6(13)4-5-10-7(14)12-9/h4-5,9H2,1-3H3,(H,11,13)(H2,10,12,14). The van der Waals surface area contributed by atoms with Gasteiger partial charge < -0.3 is 10.6 Å². The highest BCUT2D eigenvalue weighted by Crippen LogP contribution is 1.98. The summed E-state index contributed by atoms with van der Waals surface area (Å²) in [6.45, 7) is 5.95. The minimum atomic E-state index is -0.492. The molecule has 0 aromatic rings. The number of nitrogens with two attached hydrogens (primary N) is 1. The van der Waals surface area contributed by atoms with Crippen LogP contribution in [0.3, 0.4) is 0 Å². The van der Waals surface area contributed by atoms with Crippen molar-refractivity contribution in [3.8, 4) is 0 Å². The fourth-order valence-corrected chi connectivity index (χ4v) is 0.821. The number of nitrogens with one attached hydrogen (secondary N) is 3. The smallest absolute Gasteiger partial charge is 0.328 e. The van der Waals surface area contributed by atoms with Crippen molar-refractivity contribution in [2.75, 3.05) is 6.54 Å². The van der Waals surface area contributed by atoms with E-state index in [1.807, 2.05) is 26.2 Å². The van der Waals surface area contributed by atoms with Crippen molar-refractivity contribution < 1.29 is 9.59 Å². The largest absolute Gasteiger partial charge is 0.351 e. The molecule has 0 atom stereocenters. The third kappa shape index (κ3) is 7.35. The van der Waals surface area contributed by atoms with E-state index < -0.39 is 6.03 Å². The number of carbonyl (C=O) groups is 2. The molecule has 0 fully saturated rings. The van der Waals surface area contributed by atoms with Crippen LogP contribution in [0.5, 0.6) is 0 Å². The Morgan fingerprint density at radius 1 is 1.29 bits per heavy atom. The van der Waals surface area contributed by atoms with E-state index in [1.165, 1.54) is 0 Å². The van der Waals surface area contributed by atoms with Gasteiger partial charge in [0.15, 0.2) is 0 Å². The Kier molecular flexibility index (Phi) is 4.93. The van der Waals surface area contributed by atoms with Gasteiger partial charge in [-0.05, 0) is 20.8 Å². The monoisotopic (exact) mass is 202 g/mol. The topological polar surface area (TPSA) is 96.2 Å². The van der Waals surface area contributed by atoms with E-state index >= 15 is 0 Å². The van der Waals surface area contributed by atoms with E-state index in [0.29, 0.717) is 0 Å². The molecule has 0 aliphatic carbocycles. The molecule has 0 spiro atoms. The van der Waals surface area contributed by atoms with E-state index in [1.54, 1.807) is 0 Å². The molecule has 82 valence electrons. The summed E-state index contributed by atoms with van der Waals surface area (Å²) in [6.07, 6.45) is 0.241. The molecule has 0 heterocycles. The normalized spacial score (nSPS) is 10.6. The number of urea groups is 1. The predicted octanol–water partition coefficient (Wildman–Crippen LogP) is -0.536. The first-order valence-electron chi connectivity index (χ1n) is 4.40. The van der Waals surface area contributed by atoms with Crippen molar-refractivity contribution in [3.63, 3.8) is 0 Å². The third-order valence-corrected chi connectivity index (χ3v) is 1.28. The van der Waals surface area contributed by atoms with E-state index in [2.05, 4.69) is 10.6 Å². The molecule has 0 rings (SSSR count). The van der Waals surface area contributed by atoms with Crippen LogP contribution in [-0.4, -0.2) is 24.0 Å². The molecule has 0 saturated carbocycles. The summed E-state index contributed by atoms with van der Waals surface area (Å²) in [5, 5.41) is 5.18. The van der Waals surface area contributed by atoms with Gasteiger partial charge in [-0.25, -0.2) is 10.6 Å². The van der Waals surface area contributed by atoms with Crippen LogP contribution < -0.4 is 21.9 Å². The number of carbonyl (C=O) groups excluding carboxylic acids is 2. The summed E-state index contributed by atoms with van der Waals surface area (Å²) < 4.78 is 0. The molecule has 6 nitrogen and oxygen atoms in total. The quantitative estimate of drug-likeness (QED) is 0.281. The molecule has 14 heavy (non-hydrogen) atoms. The molecular weight excluding hydrogens is 184 g/mol. The van der Waals surface area contributed by atoms with Crippen molar-refractivity contribution in [2.24, 2.45) is 5.84 Å². The van der Waals surface area contributed by atoms with Crippen molar-refractivity contribution in [3.05, 3.63) is 0 Å². The van der Waals surface area contributed by atoms with Crippen LogP contribution in [0.1, 0.15) is 27.2 Å². The highest BCUT2D eigenvalue weighted by atomic mass is 16.2. The van der Waals surface area contributed by atoms with Gasteiger partial charge in [-0.1, -0.05) is 0 Å². The molecule has 0 aromatic heterocycles. The van der Waals surface area contributed by atoms with Gasteiger partial charge >= 0.3 is 6.03 Å². The van der Waals surface area contributed by atoms with Crippen LogP contribution in [0, 0.1) is 0 Å². The van der Waals surface area contributed by atoms with E-state index in [9.17, 15) is 9.59 Å². The maximum absolute atomic E-state index is 11.2. The Morgan fingerprint density at radius 3 is 2.29 bits per heavy atom. The maximum atomic E-state index is 11.2. The van der Waals surface area contributed by atoms with Gasteiger partial charge in [-0.3, -0.25) is 10.2 Å². The zero-order valence-corrected chi connectivity index (χ0v) is 8.81.